The van der Waals surface area contributed by atoms with Crippen molar-refractivity contribution < 1.29 is 4.74 Å². The van der Waals surface area contributed by atoms with Crippen molar-refractivity contribution >= 4 is 17.4 Å². The van der Waals surface area contributed by atoms with E-state index in [4.69, 9.17) is 16.3 Å². The Morgan fingerprint density at radius 2 is 2.33 bits per heavy atom. The molecule has 0 amide bonds. The van der Waals surface area contributed by atoms with Gasteiger partial charge in [0.25, 0.3) is 0 Å². The quantitative estimate of drug-likeness (QED) is 0.577. The van der Waals surface area contributed by atoms with E-state index in [2.05, 4.69) is 11.6 Å². The second kappa shape index (κ2) is 4.23. The van der Waals surface area contributed by atoms with Crippen LogP contribution in [0.1, 0.15) is 30.4 Å². The Balaban J connectivity index is 2.10. The summed E-state index contributed by atoms with van der Waals surface area (Å²) in [5.41, 5.74) is 2.01. The molecule has 0 bridgehead atoms. The van der Waals surface area contributed by atoms with Crippen LogP contribution in [0.5, 0.6) is 0 Å². The number of aryl methyl sites for hydroxylation is 1. The van der Waals surface area contributed by atoms with Gasteiger partial charge in [-0.1, -0.05) is 18.2 Å². The molecule has 1 aliphatic carbocycles. The molecule has 0 aliphatic heterocycles. The van der Waals surface area contributed by atoms with Crippen molar-refractivity contribution in [3.63, 3.8) is 0 Å². The first-order chi connectivity index (χ1) is 7.16. The predicted octanol–water partition coefficient (Wildman–Crippen LogP) is 3.58. The number of rotatable bonds is 3. The van der Waals surface area contributed by atoms with Gasteiger partial charge in [0.15, 0.2) is 0 Å². The summed E-state index contributed by atoms with van der Waals surface area (Å²) in [4.78, 5) is 4.04. The Bertz CT molecular complexity index is 385. The summed E-state index contributed by atoms with van der Waals surface area (Å²) in [7, 11) is 0. The lowest BCUT2D eigenvalue weighted by Gasteiger charge is -2.27. The van der Waals surface area contributed by atoms with Crippen molar-refractivity contribution in [1.82, 2.24) is 4.98 Å². The molecule has 1 aromatic heterocycles. The zero-order valence-electron chi connectivity index (χ0n) is 8.79. The number of aromatic nitrogens is 1. The predicted molar refractivity (Wildman–Crippen MR) is 61.7 cm³/mol. The maximum Gasteiger partial charge on any atom is 0.129 e. The first-order valence-electron chi connectivity index (χ1n) is 5.15. The van der Waals surface area contributed by atoms with Crippen LogP contribution < -0.4 is 0 Å². The highest BCUT2D eigenvalue weighted by Crippen LogP contribution is 2.28. The summed E-state index contributed by atoms with van der Waals surface area (Å²) in [6.07, 6.45) is 5.61. The second-order valence-corrected chi connectivity index (χ2v) is 4.30. The second-order valence-electron chi connectivity index (χ2n) is 3.92. The molecule has 3 heteroatoms. The van der Waals surface area contributed by atoms with Crippen LogP contribution in [0.15, 0.2) is 18.8 Å². The van der Waals surface area contributed by atoms with Crippen LogP contribution in [0.2, 0.25) is 5.15 Å². The van der Waals surface area contributed by atoms with Crippen molar-refractivity contribution in [1.29, 1.82) is 0 Å². The maximum absolute atomic E-state index is 5.78. The highest BCUT2D eigenvalue weighted by atomic mass is 35.5. The third-order valence-electron chi connectivity index (χ3n) is 2.74. The fraction of sp³-hybridized carbons (Fsp3) is 0.417. The smallest absolute Gasteiger partial charge is 0.129 e. The van der Waals surface area contributed by atoms with E-state index in [1.165, 1.54) is 6.42 Å². The third kappa shape index (κ3) is 2.32. The highest BCUT2D eigenvalue weighted by molar-refractivity contribution is 6.29. The van der Waals surface area contributed by atoms with Crippen LogP contribution in [0.25, 0.3) is 5.76 Å². The number of hydrogen-bond acceptors (Lipinski definition) is 2. The summed E-state index contributed by atoms with van der Waals surface area (Å²) in [6.45, 7) is 5.92. The van der Waals surface area contributed by atoms with Gasteiger partial charge in [-0.25, -0.2) is 4.98 Å². The molecule has 1 saturated carbocycles. The molecule has 15 heavy (non-hydrogen) atoms. The number of ether oxygens (including phenoxy) is 1. The van der Waals surface area contributed by atoms with Crippen LogP contribution >= 0.6 is 11.6 Å². The van der Waals surface area contributed by atoms with Crippen LogP contribution in [0.3, 0.4) is 0 Å². The molecule has 0 spiro atoms. The minimum atomic E-state index is 0.354. The van der Waals surface area contributed by atoms with E-state index < -0.39 is 0 Å². The molecule has 1 aromatic rings. The van der Waals surface area contributed by atoms with Crippen LogP contribution in [0, 0.1) is 6.92 Å². The first kappa shape index (κ1) is 10.5. The van der Waals surface area contributed by atoms with Crippen LogP contribution in [0.4, 0.5) is 0 Å². The largest absolute Gasteiger partial charge is 0.490 e. The highest BCUT2D eigenvalue weighted by Gasteiger charge is 2.20. The van der Waals surface area contributed by atoms with Crippen LogP contribution in [-0.4, -0.2) is 11.1 Å². The maximum atomic E-state index is 5.78. The summed E-state index contributed by atoms with van der Waals surface area (Å²) in [5.74, 6) is 0.710. The average Bonchev–Trinajstić information content (AvgIpc) is 2.11. The Morgan fingerprint density at radius 1 is 1.60 bits per heavy atom. The molecule has 0 unspecified atom stereocenters. The Morgan fingerprint density at radius 3 is 2.87 bits per heavy atom. The first-order valence-corrected chi connectivity index (χ1v) is 5.52. The summed E-state index contributed by atoms with van der Waals surface area (Å²) in [6, 6.07) is 1.83. The van der Waals surface area contributed by atoms with Gasteiger partial charge in [0.1, 0.15) is 10.9 Å². The zero-order valence-corrected chi connectivity index (χ0v) is 9.55. The monoisotopic (exact) mass is 223 g/mol. The molecular formula is C12H14ClNO. The lowest BCUT2D eigenvalue weighted by Crippen LogP contribution is -2.20. The molecule has 1 heterocycles. The Hall–Kier alpha value is -1.02. The fourth-order valence-corrected chi connectivity index (χ4v) is 1.78. The minimum Gasteiger partial charge on any atom is -0.490 e. The van der Waals surface area contributed by atoms with Gasteiger partial charge >= 0.3 is 0 Å². The van der Waals surface area contributed by atoms with E-state index in [-0.39, 0.29) is 0 Å². The van der Waals surface area contributed by atoms with E-state index in [1.807, 2.05) is 13.0 Å². The number of hydrogen-bond donors (Lipinski definition) is 0. The van der Waals surface area contributed by atoms with Gasteiger partial charge in [-0.3, -0.25) is 0 Å². The van der Waals surface area contributed by atoms with Gasteiger partial charge < -0.3 is 4.74 Å². The van der Waals surface area contributed by atoms with Crippen molar-refractivity contribution in [2.75, 3.05) is 0 Å². The van der Waals surface area contributed by atoms with Gasteiger partial charge in [-0.05, 0) is 37.8 Å². The molecular weight excluding hydrogens is 210 g/mol. The molecule has 1 aliphatic rings. The summed E-state index contributed by atoms with van der Waals surface area (Å²) in [5, 5.41) is 0.507. The molecule has 80 valence electrons. The SMILES string of the molecule is C=C(OC1CCC1)c1cnc(Cl)cc1C. The fourth-order valence-electron chi connectivity index (χ4n) is 1.57. The van der Waals surface area contributed by atoms with Gasteiger partial charge in [0.05, 0.1) is 6.10 Å². The lowest BCUT2D eigenvalue weighted by molar-refractivity contribution is 0.0917. The van der Waals surface area contributed by atoms with E-state index in [1.54, 1.807) is 6.20 Å². The van der Waals surface area contributed by atoms with Gasteiger partial charge in [-0.15, -0.1) is 0 Å². The van der Waals surface area contributed by atoms with E-state index in [9.17, 15) is 0 Å². The number of nitrogens with zero attached hydrogens (tertiary/aromatic N) is 1. The molecule has 2 rings (SSSR count). The molecule has 2 nitrogen and oxygen atoms in total. The van der Waals surface area contributed by atoms with E-state index in [0.717, 1.165) is 24.0 Å². The van der Waals surface area contributed by atoms with Crippen molar-refractivity contribution in [3.05, 3.63) is 35.1 Å². The Labute approximate surface area is 94.9 Å². The summed E-state index contributed by atoms with van der Waals surface area (Å²) < 4.78 is 5.72. The third-order valence-corrected chi connectivity index (χ3v) is 2.95. The molecule has 0 aromatic carbocycles. The lowest BCUT2D eigenvalue weighted by atomic mass is 9.96. The van der Waals surface area contributed by atoms with Crippen molar-refractivity contribution in [3.8, 4) is 0 Å². The molecule has 1 fully saturated rings. The normalized spacial score (nSPS) is 15.9. The van der Waals surface area contributed by atoms with Gasteiger partial charge in [-0.2, -0.15) is 0 Å². The molecule has 0 saturated heterocycles. The minimum absolute atomic E-state index is 0.354. The average molecular weight is 224 g/mol. The Kier molecular flexibility index (Phi) is 2.96. The number of pyridine rings is 1. The van der Waals surface area contributed by atoms with E-state index >= 15 is 0 Å². The topological polar surface area (TPSA) is 22.1 Å². The molecule has 0 N–H and O–H groups in total. The molecule has 0 radical (unpaired) electrons. The van der Waals surface area contributed by atoms with Crippen molar-refractivity contribution in [2.24, 2.45) is 0 Å². The van der Waals surface area contributed by atoms with Gasteiger partial charge in [0, 0.05) is 11.8 Å². The summed E-state index contributed by atoms with van der Waals surface area (Å²) >= 11 is 5.78. The van der Waals surface area contributed by atoms with Crippen LogP contribution in [-0.2, 0) is 4.74 Å². The van der Waals surface area contributed by atoms with Crippen molar-refractivity contribution in [2.45, 2.75) is 32.3 Å². The van der Waals surface area contributed by atoms with Gasteiger partial charge in [0.2, 0.25) is 0 Å². The van der Waals surface area contributed by atoms with E-state index in [0.29, 0.717) is 17.0 Å². The zero-order chi connectivity index (χ0) is 10.8. The number of halogens is 1. The molecule has 0 atom stereocenters. The standard InChI is InChI=1S/C12H14ClNO/c1-8-6-12(13)14-7-11(8)9(2)15-10-4-3-5-10/h6-7,10H,2-5H2,1H3.